The van der Waals surface area contributed by atoms with Crippen LogP contribution < -0.4 is 5.32 Å². The Morgan fingerprint density at radius 2 is 1.91 bits per heavy atom. The van der Waals surface area contributed by atoms with Crippen molar-refractivity contribution in [2.45, 2.75) is 39.2 Å². The van der Waals surface area contributed by atoms with Crippen LogP contribution in [-0.4, -0.2) is 48.0 Å². The maximum absolute atomic E-state index is 12.2. The fraction of sp³-hybridized carbons (Fsp3) is 0.273. The minimum absolute atomic E-state index is 0.0130. The predicted molar refractivity (Wildman–Crippen MR) is 118 cm³/mol. The van der Waals surface area contributed by atoms with Gasteiger partial charge < -0.3 is 14.8 Å². The van der Waals surface area contributed by atoms with E-state index in [4.69, 9.17) is 9.37 Å². The van der Waals surface area contributed by atoms with Crippen molar-refractivity contribution in [3.05, 3.63) is 53.6 Å². The second-order valence-corrected chi connectivity index (χ2v) is 8.38. The van der Waals surface area contributed by atoms with Crippen molar-refractivity contribution in [2.75, 3.05) is 5.32 Å². The van der Waals surface area contributed by atoms with Crippen molar-refractivity contribution in [3.63, 3.8) is 0 Å². The van der Waals surface area contributed by atoms with E-state index in [-0.39, 0.29) is 11.4 Å². The lowest BCUT2D eigenvalue weighted by Crippen LogP contribution is -2.27. The van der Waals surface area contributed by atoms with Gasteiger partial charge in [-0.2, -0.15) is 0 Å². The van der Waals surface area contributed by atoms with Crippen molar-refractivity contribution >= 4 is 28.9 Å². The average molecular weight is 450 g/mol. The number of nitrogens with zero attached hydrogens (tertiary/aromatic N) is 4. The summed E-state index contributed by atoms with van der Waals surface area (Å²) in [5.74, 6) is -1.18. The molecule has 0 aliphatic heterocycles. The van der Waals surface area contributed by atoms with Gasteiger partial charge in [-0.15, -0.1) is 0 Å². The highest BCUT2D eigenvalue weighted by Crippen LogP contribution is 2.32. The van der Waals surface area contributed by atoms with Gasteiger partial charge >= 0.3 is 12.1 Å². The number of anilines is 1. The summed E-state index contributed by atoms with van der Waals surface area (Å²) in [7, 11) is 0. The van der Waals surface area contributed by atoms with Gasteiger partial charge in [0.2, 0.25) is 5.82 Å². The maximum atomic E-state index is 12.2. The number of fused-ring (bicyclic) bond motifs is 1. The first-order valence-corrected chi connectivity index (χ1v) is 10.1. The Balaban J connectivity index is 1.74. The molecule has 3 aromatic heterocycles. The van der Waals surface area contributed by atoms with Crippen LogP contribution in [0.3, 0.4) is 0 Å². The first kappa shape index (κ1) is 21.9. The molecule has 1 amide bonds. The monoisotopic (exact) mass is 450 g/mol. The minimum atomic E-state index is -1.13. The van der Waals surface area contributed by atoms with Crippen LogP contribution in [0.5, 0.6) is 0 Å². The van der Waals surface area contributed by atoms with Gasteiger partial charge in [0.25, 0.3) is 0 Å². The van der Waals surface area contributed by atoms with Gasteiger partial charge in [-0.25, -0.2) is 19.2 Å². The smallest absolute Gasteiger partial charge is 0.413 e. The predicted octanol–water partition coefficient (Wildman–Crippen LogP) is 4.20. The summed E-state index contributed by atoms with van der Waals surface area (Å²) in [6.07, 6.45) is 0.590. The number of aromatic nitrogens is 5. The van der Waals surface area contributed by atoms with Crippen LogP contribution in [0.1, 0.15) is 55.5 Å². The molecule has 11 nitrogen and oxygen atoms in total. The molecule has 170 valence electrons. The van der Waals surface area contributed by atoms with E-state index in [0.717, 1.165) is 5.56 Å². The number of carboxylic acid groups (broad SMARTS) is 1. The number of imidazole rings is 1. The van der Waals surface area contributed by atoms with E-state index >= 15 is 0 Å². The normalized spacial score (nSPS) is 12.5. The molecule has 0 aliphatic rings. The molecule has 1 aromatic carbocycles. The van der Waals surface area contributed by atoms with Crippen LogP contribution in [-0.2, 0) is 4.74 Å². The second-order valence-electron chi connectivity index (χ2n) is 8.38. The van der Waals surface area contributed by atoms with Crippen molar-refractivity contribution in [3.8, 4) is 11.3 Å². The first-order chi connectivity index (χ1) is 15.6. The van der Waals surface area contributed by atoms with Crippen molar-refractivity contribution in [1.82, 2.24) is 25.3 Å². The molecule has 0 saturated heterocycles. The Morgan fingerprint density at radius 1 is 1.18 bits per heavy atom. The summed E-state index contributed by atoms with van der Waals surface area (Å²) in [6.45, 7) is 6.99. The van der Waals surface area contributed by atoms with Crippen LogP contribution in [0.15, 0.2) is 41.2 Å². The van der Waals surface area contributed by atoms with E-state index < -0.39 is 23.6 Å². The number of rotatable bonds is 5. The zero-order valence-electron chi connectivity index (χ0n) is 18.4. The van der Waals surface area contributed by atoms with E-state index in [0.29, 0.717) is 28.2 Å². The molecule has 0 saturated carbocycles. The lowest BCUT2D eigenvalue weighted by Gasteiger charge is -2.19. The molecule has 1 unspecified atom stereocenters. The fourth-order valence-corrected chi connectivity index (χ4v) is 3.28. The molecule has 0 fully saturated rings. The van der Waals surface area contributed by atoms with Gasteiger partial charge in [0.05, 0.1) is 17.1 Å². The molecule has 1 atom stereocenters. The summed E-state index contributed by atoms with van der Waals surface area (Å²) in [5.41, 5.74) is 1.65. The lowest BCUT2D eigenvalue weighted by molar-refractivity contribution is 0.0632. The van der Waals surface area contributed by atoms with Crippen molar-refractivity contribution < 1.29 is 24.1 Å². The molecule has 4 aromatic rings. The summed E-state index contributed by atoms with van der Waals surface area (Å²) >= 11 is 0. The third-order valence-electron chi connectivity index (χ3n) is 4.77. The molecule has 3 N–H and O–H groups in total. The van der Waals surface area contributed by atoms with Gasteiger partial charge in [-0.3, -0.25) is 10.3 Å². The Morgan fingerprint density at radius 3 is 2.58 bits per heavy atom. The van der Waals surface area contributed by atoms with E-state index in [1.54, 1.807) is 27.7 Å². The molecule has 3 heterocycles. The van der Waals surface area contributed by atoms with Gasteiger partial charge in [0, 0.05) is 11.8 Å². The Hall–Kier alpha value is -4.28. The maximum Gasteiger partial charge on any atom is 0.413 e. The Kier molecular flexibility index (Phi) is 5.54. The Bertz CT molecular complexity index is 1320. The number of carbonyl (C=O) groups excluding carboxylic acids is 1. The molecule has 11 heteroatoms. The number of amides is 1. The molecule has 33 heavy (non-hydrogen) atoms. The SMILES string of the molecule is CC(c1nc2c(-c3ccccc3)ncc(C(=O)O)c2[nH]1)c1nonc1NC(=O)OC(C)(C)C. The summed E-state index contributed by atoms with van der Waals surface area (Å²) in [5, 5.41) is 19.8. The highest BCUT2D eigenvalue weighted by molar-refractivity contribution is 6.04. The van der Waals surface area contributed by atoms with Gasteiger partial charge in [0.15, 0.2) is 0 Å². The summed E-state index contributed by atoms with van der Waals surface area (Å²) < 4.78 is 10.1. The highest BCUT2D eigenvalue weighted by Gasteiger charge is 2.27. The van der Waals surface area contributed by atoms with Crippen molar-refractivity contribution in [1.29, 1.82) is 0 Å². The number of carboxylic acids is 1. The molecular formula is C22H22N6O5. The number of aromatic amines is 1. The molecular weight excluding hydrogens is 428 g/mol. The van der Waals surface area contributed by atoms with E-state index in [1.807, 2.05) is 30.3 Å². The van der Waals surface area contributed by atoms with Crippen LogP contribution in [0.2, 0.25) is 0 Å². The van der Waals surface area contributed by atoms with Gasteiger partial charge in [0.1, 0.15) is 28.2 Å². The number of H-pyrrole nitrogens is 1. The minimum Gasteiger partial charge on any atom is -0.478 e. The zero-order chi connectivity index (χ0) is 23.8. The van der Waals surface area contributed by atoms with E-state index in [1.165, 1.54) is 6.20 Å². The van der Waals surface area contributed by atoms with E-state index in [9.17, 15) is 14.7 Å². The quantitative estimate of drug-likeness (QED) is 0.405. The van der Waals surface area contributed by atoms with E-state index in [2.05, 4.69) is 30.6 Å². The largest absolute Gasteiger partial charge is 0.478 e. The van der Waals surface area contributed by atoms with Crippen LogP contribution in [0, 0.1) is 0 Å². The first-order valence-electron chi connectivity index (χ1n) is 10.1. The van der Waals surface area contributed by atoms with Crippen LogP contribution >= 0.6 is 0 Å². The number of carbonyl (C=O) groups is 2. The second kappa shape index (κ2) is 8.34. The number of ether oxygens (including phenoxy) is 1. The van der Waals surface area contributed by atoms with Gasteiger partial charge in [-0.1, -0.05) is 35.5 Å². The average Bonchev–Trinajstić information content (AvgIpc) is 3.39. The van der Waals surface area contributed by atoms with Crippen molar-refractivity contribution in [2.24, 2.45) is 0 Å². The van der Waals surface area contributed by atoms with Crippen LogP contribution in [0.25, 0.3) is 22.3 Å². The number of pyridine rings is 1. The third kappa shape index (κ3) is 4.52. The highest BCUT2D eigenvalue weighted by atomic mass is 16.6. The molecule has 0 bridgehead atoms. The number of hydrogen-bond acceptors (Lipinski definition) is 8. The topological polar surface area (TPSA) is 156 Å². The molecule has 4 rings (SSSR count). The number of aromatic carboxylic acids is 1. The van der Waals surface area contributed by atoms with Gasteiger partial charge in [-0.05, 0) is 32.9 Å². The van der Waals surface area contributed by atoms with Crippen LogP contribution in [0.4, 0.5) is 10.6 Å². The zero-order valence-corrected chi connectivity index (χ0v) is 18.4. The fourth-order valence-electron chi connectivity index (χ4n) is 3.28. The standard InChI is InChI=1S/C22H22N6O5/c1-11(14-19(28-33-27-14)26-21(31)32-22(2,3)4)18-24-16-13(20(29)30)10-23-15(17(16)25-18)12-8-6-5-7-9-12/h5-11H,1-4H3,(H,24,25)(H,29,30)(H,26,28,31). The molecule has 0 spiro atoms. The molecule has 0 radical (unpaired) electrons. The summed E-state index contributed by atoms with van der Waals surface area (Å²) in [6, 6.07) is 9.33. The molecule has 0 aliphatic carbocycles. The summed E-state index contributed by atoms with van der Waals surface area (Å²) in [4.78, 5) is 36.0. The number of nitrogens with one attached hydrogen (secondary N) is 2. The third-order valence-corrected chi connectivity index (χ3v) is 4.77. The number of hydrogen-bond donors (Lipinski definition) is 3. The number of benzene rings is 1. The Labute approximate surface area is 188 Å². The lowest BCUT2D eigenvalue weighted by atomic mass is 10.1.